The minimum atomic E-state index is -0.505. The number of fused-ring (bicyclic) bond motifs is 1. The lowest BCUT2D eigenvalue weighted by Crippen LogP contribution is -2.40. The number of esters is 1. The Labute approximate surface area is 164 Å². The summed E-state index contributed by atoms with van der Waals surface area (Å²) < 4.78 is 5.47. The summed E-state index contributed by atoms with van der Waals surface area (Å²) in [6.45, 7) is 11.6. The second-order valence-corrected chi connectivity index (χ2v) is 8.85. The van der Waals surface area contributed by atoms with E-state index in [9.17, 15) is 9.59 Å². The van der Waals surface area contributed by atoms with Gasteiger partial charge < -0.3 is 4.74 Å². The molecule has 3 rings (SSSR count). The molecule has 1 amide bonds. The number of amides is 1. The molecule has 0 bridgehead atoms. The molecule has 2 heterocycles. The van der Waals surface area contributed by atoms with Gasteiger partial charge in [0.1, 0.15) is 0 Å². The number of thioether (sulfide) groups is 1. The van der Waals surface area contributed by atoms with Crippen LogP contribution in [0.5, 0.6) is 0 Å². The highest BCUT2D eigenvalue weighted by Gasteiger charge is 2.46. The minimum Gasteiger partial charge on any atom is -0.459 e. The molecular formula is C21H26N2O3S. The number of benzene rings is 1. The van der Waals surface area contributed by atoms with Gasteiger partial charge in [-0.3, -0.25) is 9.69 Å². The first-order valence-electron chi connectivity index (χ1n) is 9.30. The van der Waals surface area contributed by atoms with Crippen molar-refractivity contribution >= 4 is 28.8 Å². The monoisotopic (exact) mass is 386 g/mol. The second kappa shape index (κ2) is 7.50. The summed E-state index contributed by atoms with van der Waals surface area (Å²) in [6, 6.07) is 7.61. The largest absolute Gasteiger partial charge is 0.459 e. The van der Waals surface area contributed by atoms with Crippen molar-refractivity contribution in [2.45, 2.75) is 64.9 Å². The molecule has 1 saturated heterocycles. The maximum absolute atomic E-state index is 12.9. The van der Waals surface area contributed by atoms with Gasteiger partial charge in [-0.25, -0.2) is 9.79 Å². The topological polar surface area (TPSA) is 59.0 Å². The second-order valence-electron chi connectivity index (χ2n) is 7.54. The summed E-state index contributed by atoms with van der Waals surface area (Å²) in [7, 11) is 0. The SMILES string of the molecule is CC1=C(C(=O)OC(C)C)[C@H](c2ccc(C(C)C)cc2)N2C(=O)[C@H](C)SC2=N1. The Morgan fingerprint density at radius 3 is 2.37 bits per heavy atom. The summed E-state index contributed by atoms with van der Waals surface area (Å²) in [5.41, 5.74) is 3.16. The van der Waals surface area contributed by atoms with Crippen LogP contribution in [0.25, 0.3) is 0 Å². The van der Waals surface area contributed by atoms with Crippen molar-refractivity contribution in [3.05, 3.63) is 46.7 Å². The normalized spacial score (nSPS) is 22.4. The molecule has 1 aromatic carbocycles. The molecular weight excluding hydrogens is 360 g/mol. The van der Waals surface area contributed by atoms with Crippen molar-refractivity contribution in [1.29, 1.82) is 0 Å². The van der Waals surface area contributed by atoms with Crippen LogP contribution in [0, 0.1) is 0 Å². The fourth-order valence-corrected chi connectivity index (χ4v) is 4.35. The van der Waals surface area contributed by atoms with E-state index in [4.69, 9.17) is 4.74 Å². The third-order valence-corrected chi connectivity index (χ3v) is 5.79. The first kappa shape index (κ1) is 19.7. The summed E-state index contributed by atoms with van der Waals surface area (Å²) >= 11 is 1.44. The molecule has 0 N–H and O–H groups in total. The van der Waals surface area contributed by atoms with Crippen molar-refractivity contribution in [1.82, 2.24) is 4.90 Å². The maximum atomic E-state index is 12.9. The first-order valence-corrected chi connectivity index (χ1v) is 10.2. The maximum Gasteiger partial charge on any atom is 0.338 e. The fourth-order valence-electron chi connectivity index (χ4n) is 3.32. The van der Waals surface area contributed by atoms with E-state index in [1.165, 1.54) is 17.3 Å². The van der Waals surface area contributed by atoms with Crippen molar-refractivity contribution in [3.63, 3.8) is 0 Å². The van der Waals surface area contributed by atoms with Crippen LogP contribution in [0.2, 0.25) is 0 Å². The number of aliphatic imine (C=N–C) groups is 1. The molecule has 0 aliphatic carbocycles. The number of amidine groups is 1. The van der Waals surface area contributed by atoms with E-state index in [0.29, 0.717) is 22.4 Å². The molecule has 6 heteroatoms. The predicted molar refractivity (Wildman–Crippen MR) is 109 cm³/mol. The number of nitrogens with zero attached hydrogens (tertiary/aromatic N) is 2. The van der Waals surface area contributed by atoms with Crippen LogP contribution in [0.15, 0.2) is 40.5 Å². The zero-order chi connectivity index (χ0) is 19.9. The van der Waals surface area contributed by atoms with Crippen molar-refractivity contribution < 1.29 is 14.3 Å². The van der Waals surface area contributed by atoms with Crippen LogP contribution >= 0.6 is 11.8 Å². The van der Waals surface area contributed by atoms with E-state index in [2.05, 4.69) is 31.0 Å². The summed E-state index contributed by atoms with van der Waals surface area (Å²) in [6.07, 6.45) is -0.241. The van der Waals surface area contributed by atoms with E-state index in [-0.39, 0.29) is 17.3 Å². The molecule has 0 spiro atoms. The summed E-state index contributed by atoms with van der Waals surface area (Å²) in [5, 5.41) is 0.443. The Kier molecular flexibility index (Phi) is 5.47. The number of carbonyl (C=O) groups is 2. The van der Waals surface area contributed by atoms with Crippen LogP contribution in [0.3, 0.4) is 0 Å². The Bertz CT molecular complexity index is 824. The van der Waals surface area contributed by atoms with E-state index in [1.54, 1.807) is 4.90 Å². The fraction of sp³-hybridized carbons (Fsp3) is 0.476. The molecule has 1 fully saturated rings. The van der Waals surface area contributed by atoms with Crippen LogP contribution in [-0.2, 0) is 14.3 Å². The third-order valence-electron chi connectivity index (χ3n) is 4.74. The van der Waals surface area contributed by atoms with Gasteiger partial charge in [0, 0.05) is 0 Å². The zero-order valence-electron chi connectivity index (χ0n) is 16.6. The molecule has 0 radical (unpaired) electrons. The highest BCUT2D eigenvalue weighted by Crippen LogP contribution is 2.43. The average Bonchev–Trinajstić information content (AvgIpc) is 2.87. The van der Waals surface area contributed by atoms with E-state index < -0.39 is 12.0 Å². The lowest BCUT2D eigenvalue weighted by atomic mass is 9.92. The number of hydrogen-bond acceptors (Lipinski definition) is 5. The van der Waals surface area contributed by atoms with Crippen LogP contribution in [0.1, 0.15) is 64.6 Å². The summed E-state index contributed by atoms with van der Waals surface area (Å²) in [5.74, 6) is -0.0335. The third kappa shape index (κ3) is 3.68. The van der Waals surface area contributed by atoms with Gasteiger partial charge in [-0.05, 0) is 44.7 Å². The number of allylic oxidation sites excluding steroid dienone is 1. The molecule has 0 aromatic heterocycles. The molecule has 2 aliphatic heterocycles. The van der Waals surface area contributed by atoms with Gasteiger partial charge >= 0.3 is 5.97 Å². The van der Waals surface area contributed by atoms with E-state index >= 15 is 0 Å². The Hall–Kier alpha value is -2.08. The van der Waals surface area contributed by atoms with Crippen molar-refractivity contribution in [2.75, 3.05) is 0 Å². The van der Waals surface area contributed by atoms with Crippen LogP contribution < -0.4 is 0 Å². The average molecular weight is 387 g/mol. The van der Waals surface area contributed by atoms with Crippen LogP contribution in [0.4, 0.5) is 0 Å². The highest BCUT2D eigenvalue weighted by molar-refractivity contribution is 8.15. The van der Waals surface area contributed by atoms with Gasteiger partial charge in [-0.1, -0.05) is 49.9 Å². The number of ether oxygens (including phenoxy) is 1. The molecule has 27 heavy (non-hydrogen) atoms. The molecule has 0 unspecified atom stereocenters. The Morgan fingerprint density at radius 2 is 1.81 bits per heavy atom. The number of rotatable bonds is 4. The molecule has 5 nitrogen and oxygen atoms in total. The minimum absolute atomic E-state index is 0.0287. The quantitative estimate of drug-likeness (QED) is 0.719. The molecule has 1 aromatic rings. The smallest absolute Gasteiger partial charge is 0.338 e. The van der Waals surface area contributed by atoms with Gasteiger partial charge in [0.05, 0.1) is 28.7 Å². The van der Waals surface area contributed by atoms with E-state index in [1.807, 2.05) is 39.8 Å². The molecule has 0 saturated carbocycles. The number of hydrogen-bond donors (Lipinski definition) is 0. The van der Waals surface area contributed by atoms with Gasteiger partial charge in [0.15, 0.2) is 5.17 Å². The first-order chi connectivity index (χ1) is 12.7. The Balaban J connectivity index is 2.10. The number of carbonyl (C=O) groups excluding carboxylic acids is 2. The highest BCUT2D eigenvalue weighted by atomic mass is 32.2. The molecule has 144 valence electrons. The van der Waals surface area contributed by atoms with Gasteiger partial charge in [0.25, 0.3) is 0 Å². The van der Waals surface area contributed by atoms with Gasteiger partial charge in [-0.2, -0.15) is 0 Å². The predicted octanol–water partition coefficient (Wildman–Crippen LogP) is 4.41. The van der Waals surface area contributed by atoms with E-state index in [0.717, 1.165) is 5.56 Å². The van der Waals surface area contributed by atoms with Crippen LogP contribution in [-0.4, -0.2) is 33.3 Å². The zero-order valence-corrected chi connectivity index (χ0v) is 17.5. The summed E-state index contributed by atoms with van der Waals surface area (Å²) in [4.78, 5) is 31.9. The Morgan fingerprint density at radius 1 is 1.19 bits per heavy atom. The molecule has 2 aliphatic rings. The molecule has 2 atom stereocenters. The standard InChI is InChI=1S/C21H26N2O3S/c1-11(2)15-7-9-16(10-8-15)18-17(20(25)26-12(3)4)13(5)22-21-23(18)19(24)14(6)27-21/h7-12,14,18H,1-6H3/t14-,18-/m0/s1. The van der Waals surface area contributed by atoms with Crippen molar-refractivity contribution in [2.24, 2.45) is 4.99 Å². The lowest BCUT2D eigenvalue weighted by Gasteiger charge is -2.33. The lowest BCUT2D eigenvalue weighted by molar-refractivity contribution is -0.143. The van der Waals surface area contributed by atoms with Crippen molar-refractivity contribution in [3.8, 4) is 0 Å². The van der Waals surface area contributed by atoms with Gasteiger partial charge in [-0.15, -0.1) is 0 Å². The van der Waals surface area contributed by atoms with Gasteiger partial charge in [0.2, 0.25) is 5.91 Å².